The van der Waals surface area contributed by atoms with E-state index in [2.05, 4.69) is 5.32 Å². The largest absolute Gasteiger partial charge is 0.371 e. The number of benzene rings is 2. The number of nitrogens with two attached hydrogens (primary N) is 1. The summed E-state index contributed by atoms with van der Waals surface area (Å²) in [5.74, 6) is -1.32. The van der Waals surface area contributed by atoms with Crippen LogP contribution >= 0.6 is 11.6 Å². The zero-order valence-electron chi connectivity index (χ0n) is 17.4. The number of halogens is 2. The average Bonchev–Trinajstić information content (AvgIpc) is 3.05. The van der Waals surface area contributed by atoms with Crippen LogP contribution < -0.4 is 11.1 Å². The third-order valence-corrected chi connectivity index (χ3v) is 6.52. The lowest BCUT2D eigenvalue weighted by Crippen LogP contribution is -2.59. The Morgan fingerprint density at radius 3 is 2.31 bits per heavy atom. The average molecular weight is 459 g/mol. The van der Waals surface area contributed by atoms with Crippen LogP contribution in [-0.2, 0) is 20.9 Å². The molecule has 0 radical (unpaired) electrons. The topological polar surface area (TPSA) is 95.7 Å². The molecule has 2 saturated heterocycles. The van der Waals surface area contributed by atoms with E-state index in [4.69, 9.17) is 17.3 Å². The second kappa shape index (κ2) is 8.88. The molecule has 7 nitrogen and oxygen atoms in total. The molecule has 2 aliphatic heterocycles. The quantitative estimate of drug-likeness (QED) is 0.648. The van der Waals surface area contributed by atoms with Gasteiger partial charge in [-0.2, -0.15) is 0 Å². The Labute approximate surface area is 190 Å². The van der Waals surface area contributed by atoms with Crippen molar-refractivity contribution in [1.82, 2.24) is 9.80 Å². The van der Waals surface area contributed by atoms with Gasteiger partial charge in [-0.1, -0.05) is 23.7 Å². The molecule has 3 N–H and O–H groups in total. The molecule has 2 aromatic rings. The first-order valence-electron chi connectivity index (χ1n) is 10.4. The molecule has 9 heteroatoms. The number of imide groups is 1. The van der Waals surface area contributed by atoms with E-state index in [1.807, 2.05) is 4.90 Å². The Bertz CT molecular complexity index is 1020. The molecule has 1 atom stereocenters. The SMILES string of the molecule is NC(=O)C1(Nc2ccc(F)cc2)CCN(C2CC(=O)N(Cc3ccc(Cl)cc3)C2=O)CC1. The van der Waals surface area contributed by atoms with E-state index >= 15 is 0 Å². The van der Waals surface area contributed by atoms with Gasteiger partial charge in [-0.05, 0) is 54.8 Å². The van der Waals surface area contributed by atoms with Crippen LogP contribution in [0.1, 0.15) is 24.8 Å². The van der Waals surface area contributed by atoms with E-state index < -0.39 is 17.5 Å². The van der Waals surface area contributed by atoms with Crippen LogP contribution in [0.4, 0.5) is 10.1 Å². The van der Waals surface area contributed by atoms with E-state index in [1.54, 1.807) is 36.4 Å². The van der Waals surface area contributed by atoms with Crippen molar-refractivity contribution < 1.29 is 18.8 Å². The number of carbonyl (C=O) groups is 3. The number of likely N-dealkylation sites (tertiary alicyclic amines) is 2. The Balaban J connectivity index is 1.42. The van der Waals surface area contributed by atoms with Gasteiger partial charge in [0, 0.05) is 23.8 Å². The molecule has 0 saturated carbocycles. The van der Waals surface area contributed by atoms with E-state index in [-0.39, 0.29) is 30.6 Å². The van der Waals surface area contributed by atoms with Crippen LogP contribution in [-0.4, -0.2) is 52.2 Å². The summed E-state index contributed by atoms with van der Waals surface area (Å²) >= 11 is 5.90. The van der Waals surface area contributed by atoms with Gasteiger partial charge in [-0.3, -0.25) is 24.2 Å². The lowest BCUT2D eigenvalue weighted by molar-refractivity contribution is -0.140. The summed E-state index contributed by atoms with van der Waals surface area (Å²) in [6.45, 7) is 1.06. The minimum atomic E-state index is -0.997. The number of carbonyl (C=O) groups excluding carboxylic acids is 3. The number of amides is 3. The molecule has 1 unspecified atom stereocenters. The van der Waals surface area contributed by atoms with Gasteiger partial charge < -0.3 is 11.1 Å². The number of piperidine rings is 1. The molecule has 168 valence electrons. The smallest absolute Gasteiger partial charge is 0.247 e. The fourth-order valence-electron chi connectivity index (χ4n) is 4.35. The summed E-state index contributed by atoms with van der Waals surface area (Å²) in [4.78, 5) is 41.1. The van der Waals surface area contributed by atoms with Crippen LogP contribution in [0.3, 0.4) is 0 Å². The van der Waals surface area contributed by atoms with E-state index in [1.165, 1.54) is 17.0 Å². The van der Waals surface area contributed by atoms with Crippen molar-refractivity contribution in [2.45, 2.75) is 37.4 Å². The fourth-order valence-corrected chi connectivity index (χ4v) is 4.48. The van der Waals surface area contributed by atoms with E-state index in [9.17, 15) is 18.8 Å². The van der Waals surface area contributed by atoms with Crippen LogP contribution in [0.25, 0.3) is 0 Å². The molecular weight excluding hydrogens is 435 g/mol. The van der Waals surface area contributed by atoms with Gasteiger partial charge in [0.2, 0.25) is 17.7 Å². The van der Waals surface area contributed by atoms with Gasteiger partial charge in [0.25, 0.3) is 0 Å². The predicted octanol–water partition coefficient (Wildman–Crippen LogP) is 2.54. The minimum absolute atomic E-state index is 0.112. The number of hydrogen-bond donors (Lipinski definition) is 2. The van der Waals surface area contributed by atoms with Crippen LogP contribution in [0.2, 0.25) is 5.02 Å². The standard InChI is InChI=1S/C23H24ClFN4O3/c24-16-3-1-15(2-4-16)14-29-20(30)13-19(21(29)31)28-11-9-23(10-12-28,22(26)32)27-18-7-5-17(25)6-8-18/h1-8,19,27H,9-14H2,(H2,26,32). The third-order valence-electron chi connectivity index (χ3n) is 6.27. The summed E-state index contributed by atoms with van der Waals surface area (Å²) in [5, 5.41) is 3.75. The number of nitrogens with one attached hydrogen (secondary N) is 1. The van der Waals surface area contributed by atoms with Crippen LogP contribution in [0.15, 0.2) is 48.5 Å². The zero-order valence-corrected chi connectivity index (χ0v) is 18.1. The summed E-state index contributed by atoms with van der Waals surface area (Å²) in [5.41, 5.74) is 6.14. The van der Waals surface area contributed by atoms with Crippen molar-refractivity contribution in [1.29, 1.82) is 0 Å². The minimum Gasteiger partial charge on any atom is -0.371 e. The first-order chi connectivity index (χ1) is 15.3. The molecule has 2 aliphatic rings. The highest BCUT2D eigenvalue weighted by Crippen LogP contribution is 2.31. The molecular formula is C23H24ClFN4O3. The van der Waals surface area contributed by atoms with Crippen molar-refractivity contribution >= 4 is 35.0 Å². The van der Waals surface area contributed by atoms with Crippen molar-refractivity contribution in [2.75, 3.05) is 18.4 Å². The van der Waals surface area contributed by atoms with E-state index in [0.717, 1.165) is 5.56 Å². The van der Waals surface area contributed by atoms with Crippen molar-refractivity contribution in [3.8, 4) is 0 Å². The Morgan fingerprint density at radius 2 is 1.72 bits per heavy atom. The number of rotatable bonds is 6. The summed E-state index contributed by atoms with van der Waals surface area (Å²) in [6, 6.07) is 12.2. The van der Waals surface area contributed by atoms with Crippen molar-refractivity contribution in [2.24, 2.45) is 5.73 Å². The Kier molecular flexibility index (Phi) is 6.17. The van der Waals surface area contributed by atoms with Gasteiger partial charge in [0.1, 0.15) is 11.4 Å². The van der Waals surface area contributed by atoms with Crippen molar-refractivity contribution in [3.05, 3.63) is 64.9 Å². The second-order valence-corrected chi connectivity index (χ2v) is 8.72. The van der Waals surface area contributed by atoms with Crippen LogP contribution in [0.5, 0.6) is 0 Å². The normalized spacial score (nSPS) is 21.1. The van der Waals surface area contributed by atoms with Gasteiger partial charge in [0.05, 0.1) is 19.0 Å². The van der Waals surface area contributed by atoms with Gasteiger partial charge >= 0.3 is 0 Å². The molecule has 0 aliphatic carbocycles. The van der Waals surface area contributed by atoms with Gasteiger partial charge in [-0.25, -0.2) is 4.39 Å². The lowest BCUT2D eigenvalue weighted by Gasteiger charge is -2.42. The molecule has 2 fully saturated rings. The molecule has 32 heavy (non-hydrogen) atoms. The summed E-state index contributed by atoms with van der Waals surface area (Å²) in [6.07, 6.45) is 0.852. The maximum Gasteiger partial charge on any atom is 0.247 e. The number of nitrogens with zero attached hydrogens (tertiary/aromatic N) is 2. The number of hydrogen-bond acceptors (Lipinski definition) is 5. The first kappa shape index (κ1) is 22.2. The highest BCUT2D eigenvalue weighted by molar-refractivity contribution is 6.30. The number of primary amides is 1. The van der Waals surface area contributed by atoms with E-state index in [0.29, 0.717) is 36.6 Å². The second-order valence-electron chi connectivity index (χ2n) is 8.28. The zero-order chi connectivity index (χ0) is 22.9. The maximum atomic E-state index is 13.2. The molecule has 2 heterocycles. The lowest BCUT2D eigenvalue weighted by atomic mass is 9.85. The van der Waals surface area contributed by atoms with Crippen LogP contribution in [0, 0.1) is 5.82 Å². The molecule has 2 aromatic carbocycles. The predicted molar refractivity (Wildman–Crippen MR) is 118 cm³/mol. The fraction of sp³-hybridized carbons (Fsp3) is 0.348. The van der Waals surface area contributed by atoms with Gasteiger partial charge in [-0.15, -0.1) is 0 Å². The molecule has 0 bridgehead atoms. The monoisotopic (exact) mass is 458 g/mol. The highest BCUT2D eigenvalue weighted by atomic mass is 35.5. The summed E-state index contributed by atoms with van der Waals surface area (Å²) < 4.78 is 13.2. The van der Waals surface area contributed by atoms with Gasteiger partial charge in [0.15, 0.2) is 0 Å². The maximum absolute atomic E-state index is 13.2. The molecule has 0 spiro atoms. The Hall–Kier alpha value is -2.97. The summed E-state index contributed by atoms with van der Waals surface area (Å²) in [7, 11) is 0. The van der Waals surface area contributed by atoms with Crippen molar-refractivity contribution in [3.63, 3.8) is 0 Å². The number of anilines is 1. The Morgan fingerprint density at radius 1 is 1.09 bits per heavy atom. The molecule has 3 amide bonds. The molecule has 0 aromatic heterocycles. The highest BCUT2D eigenvalue weighted by Gasteiger charge is 2.46. The first-order valence-corrected chi connectivity index (χ1v) is 10.8. The molecule has 4 rings (SSSR count). The third kappa shape index (κ3) is 4.47.